The molecule has 102 valence electrons. The van der Waals surface area contributed by atoms with Crippen LogP contribution in [-0.2, 0) is 0 Å². The Morgan fingerprint density at radius 3 is 2.63 bits per heavy atom. The number of benzene rings is 1. The van der Waals surface area contributed by atoms with Gasteiger partial charge in [0.1, 0.15) is 5.82 Å². The minimum atomic E-state index is 0.379. The molecule has 0 spiro atoms. The van der Waals surface area contributed by atoms with Crippen LogP contribution in [0.2, 0.25) is 0 Å². The van der Waals surface area contributed by atoms with Crippen molar-refractivity contribution in [3.8, 4) is 11.4 Å². The average Bonchev–Trinajstić information content (AvgIpc) is 2.94. The molecule has 2 atom stereocenters. The Morgan fingerprint density at radius 1 is 1.21 bits per heavy atom. The Bertz CT molecular complexity index is 490. The molecule has 2 unspecified atom stereocenters. The third-order valence-electron chi connectivity index (χ3n) is 3.58. The van der Waals surface area contributed by atoms with Crippen LogP contribution in [0.3, 0.4) is 0 Å². The van der Waals surface area contributed by atoms with Gasteiger partial charge in [-0.15, -0.1) is 0 Å². The molecule has 0 aliphatic carbocycles. The second kappa shape index (κ2) is 6.53. The summed E-state index contributed by atoms with van der Waals surface area (Å²) in [7, 11) is 0. The first kappa shape index (κ1) is 13.8. The van der Waals surface area contributed by atoms with Crippen molar-refractivity contribution >= 4 is 0 Å². The van der Waals surface area contributed by atoms with E-state index in [9.17, 15) is 0 Å². The lowest BCUT2D eigenvalue weighted by Crippen LogP contribution is -2.34. The number of nitrogens with zero attached hydrogens (tertiary/aromatic N) is 2. The summed E-state index contributed by atoms with van der Waals surface area (Å²) in [5.74, 6) is 1.04. The number of hydrogen-bond acceptors (Lipinski definition) is 2. The molecular weight excluding hydrogens is 234 g/mol. The molecule has 0 saturated heterocycles. The Kier molecular flexibility index (Phi) is 4.74. The van der Waals surface area contributed by atoms with Crippen molar-refractivity contribution in [3.05, 3.63) is 42.7 Å². The number of nitrogens with one attached hydrogen (secondary N) is 1. The summed E-state index contributed by atoms with van der Waals surface area (Å²) in [5.41, 5.74) is 1.17. The molecule has 1 aromatic heterocycles. The van der Waals surface area contributed by atoms with Gasteiger partial charge in [-0.3, -0.25) is 0 Å². The molecule has 1 aromatic carbocycles. The van der Waals surface area contributed by atoms with Gasteiger partial charge in [0.15, 0.2) is 0 Å². The van der Waals surface area contributed by atoms with Gasteiger partial charge in [0.2, 0.25) is 0 Å². The number of imidazole rings is 1. The highest BCUT2D eigenvalue weighted by Gasteiger charge is 2.16. The van der Waals surface area contributed by atoms with Crippen LogP contribution in [-0.4, -0.2) is 22.1 Å². The largest absolute Gasteiger partial charge is 0.327 e. The lowest BCUT2D eigenvalue weighted by atomic mass is 10.1. The van der Waals surface area contributed by atoms with Gasteiger partial charge in [-0.2, -0.15) is 0 Å². The van der Waals surface area contributed by atoms with E-state index in [1.165, 1.54) is 5.56 Å². The zero-order chi connectivity index (χ0) is 13.7. The van der Waals surface area contributed by atoms with Crippen LogP contribution < -0.4 is 5.32 Å². The van der Waals surface area contributed by atoms with E-state index in [1.54, 1.807) is 0 Å². The summed E-state index contributed by atoms with van der Waals surface area (Å²) in [6.07, 6.45) is 5.11. The highest BCUT2D eigenvalue weighted by Crippen LogP contribution is 2.22. The van der Waals surface area contributed by atoms with E-state index in [-0.39, 0.29) is 0 Å². The molecule has 2 aromatic rings. The molecule has 19 heavy (non-hydrogen) atoms. The summed E-state index contributed by atoms with van der Waals surface area (Å²) in [4.78, 5) is 4.51. The normalized spacial score (nSPS) is 14.3. The fourth-order valence-electron chi connectivity index (χ4n) is 2.24. The molecule has 0 fully saturated rings. The molecular formula is C16H23N3. The molecule has 0 bridgehead atoms. The van der Waals surface area contributed by atoms with E-state index in [4.69, 9.17) is 0 Å². The Hall–Kier alpha value is -1.61. The molecule has 3 heteroatoms. The number of hydrogen-bond donors (Lipinski definition) is 1. The average molecular weight is 257 g/mol. The SMILES string of the molecule is CCCNC(C)C(C)n1ccnc1-c1ccccc1. The van der Waals surface area contributed by atoms with Crippen molar-refractivity contribution in [1.29, 1.82) is 0 Å². The van der Waals surface area contributed by atoms with Crippen LogP contribution in [0.25, 0.3) is 11.4 Å². The topological polar surface area (TPSA) is 29.9 Å². The molecule has 1 N–H and O–H groups in total. The molecule has 0 aliphatic heterocycles. The van der Waals surface area contributed by atoms with Gasteiger partial charge in [0.05, 0.1) is 0 Å². The van der Waals surface area contributed by atoms with Crippen molar-refractivity contribution in [1.82, 2.24) is 14.9 Å². The minimum Gasteiger partial charge on any atom is -0.327 e. The van der Waals surface area contributed by atoms with Crippen molar-refractivity contribution < 1.29 is 0 Å². The van der Waals surface area contributed by atoms with Crippen molar-refractivity contribution in [2.45, 2.75) is 39.3 Å². The van der Waals surface area contributed by atoms with Gasteiger partial charge in [0.25, 0.3) is 0 Å². The van der Waals surface area contributed by atoms with Gasteiger partial charge in [-0.05, 0) is 26.8 Å². The monoisotopic (exact) mass is 257 g/mol. The predicted molar refractivity (Wildman–Crippen MR) is 80.1 cm³/mol. The first-order valence-electron chi connectivity index (χ1n) is 7.05. The first-order valence-corrected chi connectivity index (χ1v) is 7.05. The van der Waals surface area contributed by atoms with Gasteiger partial charge in [-0.1, -0.05) is 37.3 Å². The van der Waals surface area contributed by atoms with Crippen LogP contribution in [0.1, 0.15) is 33.2 Å². The molecule has 3 nitrogen and oxygen atoms in total. The number of rotatable bonds is 6. The van der Waals surface area contributed by atoms with Crippen LogP contribution in [0.5, 0.6) is 0 Å². The van der Waals surface area contributed by atoms with Gasteiger partial charge in [0, 0.05) is 30.0 Å². The summed E-state index contributed by atoms with van der Waals surface area (Å²) < 4.78 is 2.25. The van der Waals surface area contributed by atoms with Crippen LogP contribution >= 0.6 is 0 Å². The zero-order valence-corrected chi connectivity index (χ0v) is 12.0. The summed E-state index contributed by atoms with van der Waals surface area (Å²) >= 11 is 0. The lowest BCUT2D eigenvalue weighted by molar-refractivity contribution is 0.395. The van der Waals surface area contributed by atoms with E-state index in [0.717, 1.165) is 18.8 Å². The third-order valence-corrected chi connectivity index (χ3v) is 3.58. The third kappa shape index (κ3) is 3.24. The molecule has 0 amide bonds. The molecule has 2 rings (SSSR count). The van der Waals surface area contributed by atoms with Gasteiger partial charge in [-0.25, -0.2) is 4.98 Å². The van der Waals surface area contributed by atoms with E-state index < -0.39 is 0 Å². The minimum absolute atomic E-state index is 0.379. The van der Waals surface area contributed by atoms with E-state index >= 15 is 0 Å². The maximum Gasteiger partial charge on any atom is 0.140 e. The maximum absolute atomic E-state index is 4.51. The second-order valence-corrected chi connectivity index (χ2v) is 5.01. The highest BCUT2D eigenvalue weighted by molar-refractivity contribution is 5.55. The second-order valence-electron chi connectivity index (χ2n) is 5.01. The standard InChI is InChI=1S/C16H23N3/c1-4-10-17-13(2)14(3)19-12-11-18-16(19)15-8-6-5-7-9-15/h5-9,11-14,17H,4,10H2,1-3H3. The summed E-state index contributed by atoms with van der Waals surface area (Å²) in [6.45, 7) is 7.72. The molecule has 0 saturated carbocycles. The zero-order valence-electron chi connectivity index (χ0n) is 12.0. The molecule has 0 aliphatic rings. The Labute approximate surface area is 115 Å². The maximum atomic E-state index is 4.51. The van der Waals surface area contributed by atoms with Crippen molar-refractivity contribution in [2.24, 2.45) is 0 Å². The van der Waals surface area contributed by atoms with E-state index in [0.29, 0.717) is 12.1 Å². The molecule has 1 heterocycles. The van der Waals surface area contributed by atoms with Crippen molar-refractivity contribution in [3.63, 3.8) is 0 Å². The Balaban J connectivity index is 2.20. The lowest BCUT2D eigenvalue weighted by Gasteiger charge is -2.24. The quantitative estimate of drug-likeness (QED) is 0.858. The van der Waals surface area contributed by atoms with Gasteiger partial charge >= 0.3 is 0 Å². The fraction of sp³-hybridized carbons (Fsp3) is 0.438. The predicted octanol–water partition coefficient (Wildman–Crippen LogP) is 3.50. The summed E-state index contributed by atoms with van der Waals surface area (Å²) in [6, 6.07) is 11.2. The van der Waals surface area contributed by atoms with Crippen LogP contribution in [0, 0.1) is 0 Å². The highest BCUT2D eigenvalue weighted by atomic mass is 15.1. The number of aromatic nitrogens is 2. The Morgan fingerprint density at radius 2 is 1.95 bits per heavy atom. The summed E-state index contributed by atoms with van der Waals surface area (Å²) in [5, 5.41) is 3.55. The fourth-order valence-corrected chi connectivity index (χ4v) is 2.24. The molecule has 0 radical (unpaired) electrons. The first-order chi connectivity index (χ1) is 9.24. The van der Waals surface area contributed by atoms with Crippen molar-refractivity contribution in [2.75, 3.05) is 6.54 Å². The van der Waals surface area contributed by atoms with E-state index in [2.05, 4.69) is 66.1 Å². The van der Waals surface area contributed by atoms with Gasteiger partial charge < -0.3 is 9.88 Å². The smallest absolute Gasteiger partial charge is 0.140 e. The van der Waals surface area contributed by atoms with Crippen LogP contribution in [0.4, 0.5) is 0 Å². The van der Waals surface area contributed by atoms with E-state index in [1.807, 2.05) is 12.3 Å². The van der Waals surface area contributed by atoms with Crippen LogP contribution in [0.15, 0.2) is 42.7 Å².